The lowest BCUT2D eigenvalue weighted by Crippen LogP contribution is -2.55. The number of halogens is 1. The van der Waals surface area contributed by atoms with Gasteiger partial charge in [0.15, 0.2) is 0 Å². The summed E-state index contributed by atoms with van der Waals surface area (Å²) >= 11 is 0. The number of nitrogens with zero attached hydrogens (tertiary/aromatic N) is 5. The zero-order chi connectivity index (χ0) is 23.6. The molecule has 2 aliphatic heterocycles. The summed E-state index contributed by atoms with van der Waals surface area (Å²) < 4.78 is 41.6. The van der Waals surface area contributed by atoms with E-state index < -0.39 is 32.6 Å². The number of carbonyl (C=O) groups is 2. The standard InChI is InChI=1S/C19H26FN5O6S/c1-3-22(4-2)32(30,31)23-9-7-21(8-10-23)19(27)14-11-18(26)24(13-14)15-5-6-16(20)17(12-15)25(28)29/h5-6,12,14H,3-4,7-11,13H2,1-2H3. The number of hydrogen-bond acceptors (Lipinski definition) is 6. The van der Waals surface area contributed by atoms with Crippen molar-refractivity contribution in [1.29, 1.82) is 0 Å². The summed E-state index contributed by atoms with van der Waals surface area (Å²) in [5.41, 5.74) is -0.579. The largest absolute Gasteiger partial charge is 0.340 e. The van der Waals surface area contributed by atoms with Gasteiger partial charge in [-0.1, -0.05) is 13.8 Å². The van der Waals surface area contributed by atoms with Gasteiger partial charge in [-0.25, -0.2) is 0 Å². The van der Waals surface area contributed by atoms with Crippen molar-refractivity contribution in [2.24, 2.45) is 5.92 Å². The summed E-state index contributed by atoms with van der Waals surface area (Å²) in [6.45, 7) is 5.03. The number of piperazine rings is 1. The third-order valence-electron chi connectivity index (χ3n) is 5.82. The summed E-state index contributed by atoms with van der Waals surface area (Å²) in [4.78, 5) is 38.3. The van der Waals surface area contributed by atoms with Gasteiger partial charge >= 0.3 is 5.69 Å². The van der Waals surface area contributed by atoms with E-state index in [1.54, 1.807) is 18.7 Å². The molecule has 176 valence electrons. The summed E-state index contributed by atoms with van der Waals surface area (Å²) in [5.74, 6) is -2.31. The van der Waals surface area contributed by atoms with Crippen LogP contribution in [-0.2, 0) is 19.8 Å². The molecule has 0 saturated carbocycles. The molecule has 13 heteroatoms. The molecule has 3 rings (SSSR count). The van der Waals surface area contributed by atoms with Crippen LogP contribution < -0.4 is 4.90 Å². The number of nitro benzene ring substituents is 1. The van der Waals surface area contributed by atoms with Gasteiger partial charge in [0, 0.05) is 58.3 Å². The van der Waals surface area contributed by atoms with Crippen molar-refractivity contribution < 1.29 is 27.3 Å². The maximum absolute atomic E-state index is 13.6. The van der Waals surface area contributed by atoms with Crippen LogP contribution >= 0.6 is 0 Å². The zero-order valence-corrected chi connectivity index (χ0v) is 18.8. The molecule has 0 aliphatic carbocycles. The summed E-state index contributed by atoms with van der Waals surface area (Å²) in [6, 6.07) is 3.17. The molecule has 1 aromatic rings. The van der Waals surface area contributed by atoms with Crippen molar-refractivity contribution in [3.05, 3.63) is 34.1 Å². The molecule has 0 N–H and O–H groups in total. The fraction of sp³-hybridized carbons (Fsp3) is 0.579. The smallest absolute Gasteiger partial charge is 0.306 e. The van der Waals surface area contributed by atoms with Crippen LogP contribution in [-0.4, -0.2) is 84.5 Å². The van der Waals surface area contributed by atoms with Crippen molar-refractivity contribution >= 4 is 33.4 Å². The first-order chi connectivity index (χ1) is 15.1. The van der Waals surface area contributed by atoms with Gasteiger partial charge in [-0.3, -0.25) is 19.7 Å². The fourth-order valence-corrected chi connectivity index (χ4v) is 5.65. The lowest BCUT2D eigenvalue weighted by Gasteiger charge is -2.37. The Morgan fingerprint density at radius 1 is 1.22 bits per heavy atom. The Morgan fingerprint density at radius 2 is 1.84 bits per heavy atom. The number of nitro groups is 1. The summed E-state index contributed by atoms with van der Waals surface area (Å²) in [7, 11) is -3.58. The van der Waals surface area contributed by atoms with Gasteiger partial charge in [-0.15, -0.1) is 0 Å². The number of amides is 2. The van der Waals surface area contributed by atoms with Crippen molar-refractivity contribution in [2.45, 2.75) is 20.3 Å². The van der Waals surface area contributed by atoms with Crippen LogP contribution in [0.1, 0.15) is 20.3 Å². The van der Waals surface area contributed by atoms with Crippen LogP contribution in [0.15, 0.2) is 18.2 Å². The molecule has 2 heterocycles. The number of rotatable bonds is 7. The first-order valence-corrected chi connectivity index (χ1v) is 11.8. The Hall–Kier alpha value is -2.64. The van der Waals surface area contributed by atoms with Crippen LogP contribution in [0.5, 0.6) is 0 Å². The minimum Gasteiger partial charge on any atom is -0.340 e. The summed E-state index contributed by atoms with van der Waals surface area (Å²) in [5, 5.41) is 11.0. The van der Waals surface area contributed by atoms with E-state index in [0.717, 1.165) is 12.1 Å². The molecular formula is C19H26FN5O6S. The number of hydrogen-bond donors (Lipinski definition) is 0. The average Bonchev–Trinajstić information content (AvgIpc) is 3.15. The fourth-order valence-electron chi connectivity index (χ4n) is 4.04. The van der Waals surface area contributed by atoms with E-state index in [4.69, 9.17) is 0 Å². The Bertz CT molecular complexity index is 1010. The normalized spacial score (nSPS) is 20.2. The molecule has 0 spiro atoms. The van der Waals surface area contributed by atoms with Crippen molar-refractivity contribution in [3.63, 3.8) is 0 Å². The minimum atomic E-state index is -3.58. The van der Waals surface area contributed by atoms with Crippen LogP contribution in [0.25, 0.3) is 0 Å². The Balaban J connectivity index is 1.65. The third-order valence-corrected chi connectivity index (χ3v) is 8.01. The van der Waals surface area contributed by atoms with Crippen molar-refractivity contribution in [1.82, 2.24) is 13.5 Å². The molecule has 0 radical (unpaired) electrons. The van der Waals surface area contributed by atoms with E-state index in [2.05, 4.69) is 0 Å². The second-order valence-corrected chi connectivity index (χ2v) is 9.54. The third kappa shape index (κ3) is 4.59. The van der Waals surface area contributed by atoms with Crippen molar-refractivity contribution in [3.8, 4) is 0 Å². The second kappa shape index (κ2) is 9.46. The predicted molar refractivity (Wildman–Crippen MR) is 114 cm³/mol. The molecule has 2 amide bonds. The van der Waals surface area contributed by atoms with Gasteiger partial charge < -0.3 is 9.80 Å². The number of anilines is 1. The van der Waals surface area contributed by atoms with E-state index in [9.17, 15) is 32.5 Å². The monoisotopic (exact) mass is 471 g/mol. The van der Waals surface area contributed by atoms with Gasteiger partial charge in [0.25, 0.3) is 10.2 Å². The molecule has 1 unspecified atom stereocenters. The van der Waals surface area contributed by atoms with Gasteiger partial charge in [-0.2, -0.15) is 21.4 Å². The molecule has 0 aromatic heterocycles. The molecule has 0 bridgehead atoms. The highest BCUT2D eigenvalue weighted by Crippen LogP contribution is 2.30. The maximum atomic E-state index is 13.6. The highest BCUT2D eigenvalue weighted by atomic mass is 32.2. The molecule has 2 fully saturated rings. The lowest BCUT2D eigenvalue weighted by molar-refractivity contribution is -0.387. The zero-order valence-electron chi connectivity index (χ0n) is 17.9. The first kappa shape index (κ1) is 24.0. The van der Waals surface area contributed by atoms with E-state index in [0.29, 0.717) is 13.1 Å². The van der Waals surface area contributed by atoms with Crippen molar-refractivity contribution in [2.75, 3.05) is 50.7 Å². The van der Waals surface area contributed by atoms with E-state index in [1.165, 1.54) is 19.6 Å². The topological polar surface area (TPSA) is 124 Å². The van der Waals surface area contributed by atoms with Gasteiger partial charge in [0.1, 0.15) is 0 Å². The van der Waals surface area contributed by atoms with Gasteiger partial charge in [0.2, 0.25) is 17.6 Å². The maximum Gasteiger partial charge on any atom is 0.306 e. The van der Waals surface area contributed by atoms with E-state index in [1.807, 2.05) is 0 Å². The predicted octanol–water partition coefficient (Wildman–Crippen LogP) is 0.818. The average molecular weight is 472 g/mol. The second-order valence-electron chi connectivity index (χ2n) is 7.61. The van der Waals surface area contributed by atoms with Crippen LogP contribution in [0.4, 0.5) is 15.8 Å². The summed E-state index contributed by atoms with van der Waals surface area (Å²) in [6.07, 6.45) is -0.0675. The highest BCUT2D eigenvalue weighted by Gasteiger charge is 2.40. The number of benzene rings is 1. The highest BCUT2D eigenvalue weighted by molar-refractivity contribution is 7.86. The molecule has 2 saturated heterocycles. The minimum absolute atomic E-state index is 0.0262. The SMILES string of the molecule is CCN(CC)S(=O)(=O)N1CCN(C(=O)C2CC(=O)N(c3ccc(F)c([N+](=O)[O-])c3)C2)CC1. The van der Waals surface area contributed by atoms with Crippen LogP contribution in [0.3, 0.4) is 0 Å². The van der Waals surface area contributed by atoms with E-state index in [-0.39, 0.29) is 56.6 Å². The molecule has 1 aromatic carbocycles. The van der Waals surface area contributed by atoms with Crippen LogP contribution in [0.2, 0.25) is 0 Å². The van der Waals surface area contributed by atoms with Gasteiger partial charge in [0.05, 0.1) is 16.5 Å². The molecule has 1 atom stereocenters. The Labute approximate surface area is 185 Å². The molecule has 2 aliphatic rings. The molecule has 32 heavy (non-hydrogen) atoms. The van der Waals surface area contributed by atoms with E-state index >= 15 is 0 Å². The number of carbonyl (C=O) groups excluding carboxylic acids is 2. The van der Waals surface area contributed by atoms with Gasteiger partial charge in [-0.05, 0) is 12.1 Å². The molecule has 11 nitrogen and oxygen atoms in total. The Morgan fingerprint density at radius 3 is 2.41 bits per heavy atom. The lowest BCUT2D eigenvalue weighted by atomic mass is 10.1. The quantitative estimate of drug-likeness (QED) is 0.428. The first-order valence-electron chi connectivity index (χ1n) is 10.4. The van der Waals surface area contributed by atoms with Crippen LogP contribution in [0, 0.1) is 21.8 Å². The Kier molecular flexibility index (Phi) is 7.10. The molecular weight excluding hydrogens is 445 g/mol.